The quantitative estimate of drug-likeness (QED) is 0.331. The topological polar surface area (TPSA) is 87.5 Å². The van der Waals surface area contributed by atoms with E-state index in [1.807, 2.05) is 48.5 Å². The van der Waals surface area contributed by atoms with Crippen LogP contribution in [0.15, 0.2) is 91.1 Å². The Labute approximate surface area is 222 Å². The number of imidazole rings is 1. The van der Waals surface area contributed by atoms with Gasteiger partial charge in [-0.25, -0.2) is 9.88 Å². The highest BCUT2D eigenvalue weighted by Crippen LogP contribution is 2.34. The predicted octanol–water partition coefficient (Wildman–Crippen LogP) is 4.89. The molecule has 1 aliphatic rings. The third-order valence-corrected chi connectivity index (χ3v) is 6.82. The second-order valence-electron chi connectivity index (χ2n) is 10.7. The fourth-order valence-electron chi connectivity index (χ4n) is 4.89. The van der Waals surface area contributed by atoms with Crippen LogP contribution in [0.1, 0.15) is 58.9 Å². The van der Waals surface area contributed by atoms with Crippen molar-refractivity contribution >= 4 is 11.8 Å². The van der Waals surface area contributed by atoms with Crippen LogP contribution in [-0.4, -0.2) is 44.1 Å². The number of aliphatic hydroxyl groups is 1. The average Bonchev–Trinajstić information content (AvgIpc) is 3.43. The molecule has 2 atom stereocenters. The van der Waals surface area contributed by atoms with E-state index in [-0.39, 0.29) is 18.0 Å². The molecule has 3 aromatic carbocycles. The highest BCUT2D eigenvalue weighted by Gasteiger charge is 2.40. The van der Waals surface area contributed by atoms with E-state index in [0.29, 0.717) is 17.7 Å². The molecule has 38 heavy (non-hydrogen) atoms. The Morgan fingerprint density at radius 1 is 0.842 bits per heavy atom. The van der Waals surface area contributed by atoms with Crippen LogP contribution in [0.5, 0.6) is 0 Å². The van der Waals surface area contributed by atoms with Gasteiger partial charge in [-0.15, -0.1) is 0 Å². The van der Waals surface area contributed by atoms with Crippen LogP contribution in [0.4, 0.5) is 0 Å². The first-order valence-corrected chi connectivity index (χ1v) is 12.8. The van der Waals surface area contributed by atoms with Gasteiger partial charge in [0.15, 0.2) is 0 Å². The summed E-state index contributed by atoms with van der Waals surface area (Å²) in [5, 5.41) is 14.4. The van der Waals surface area contributed by atoms with Gasteiger partial charge < -0.3 is 15.0 Å². The van der Waals surface area contributed by atoms with Crippen LogP contribution in [0.3, 0.4) is 0 Å². The number of carbonyl (C=O) groups excluding carboxylic acids is 2. The summed E-state index contributed by atoms with van der Waals surface area (Å²) in [6.45, 7) is 6.94. The van der Waals surface area contributed by atoms with Crippen LogP contribution in [0, 0.1) is 5.41 Å². The van der Waals surface area contributed by atoms with Crippen molar-refractivity contribution in [2.75, 3.05) is 6.54 Å². The number of aromatic nitrogens is 2. The molecule has 7 heteroatoms. The van der Waals surface area contributed by atoms with Crippen LogP contribution in [0.25, 0.3) is 11.3 Å². The lowest BCUT2D eigenvalue weighted by Crippen LogP contribution is -2.48. The lowest BCUT2D eigenvalue weighted by atomic mass is 9.86. The minimum absolute atomic E-state index is 0.00622. The van der Waals surface area contributed by atoms with Gasteiger partial charge in [0.2, 0.25) is 0 Å². The third-order valence-electron chi connectivity index (χ3n) is 6.82. The molecule has 0 fully saturated rings. The van der Waals surface area contributed by atoms with Gasteiger partial charge in [-0.3, -0.25) is 9.59 Å². The summed E-state index contributed by atoms with van der Waals surface area (Å²) < 4.78 is 2.13. The number of fused-ring (bicyclic) bond motifs is 1. The maximum absolute atomic E-state index is 12.9. The van der Waals surface area contributed by atoms with Crippen LogP contribution in [-0.2, 0) is 6.54 Å². The molecule has 0 bridgehead atoms. The summed E-state index contributed by atoms with van der Waals surface area (Å²) in [4.78, 5) is 31.7. The molecule has 1 aliphatic heterocycles. The number of hydrogen-bond donors (Lipinski definition) is 2. The zero-order valence-corrected chi connectivity index (χ0v) is 21.8. The van der Waals surface area contributed by atoms with Crippen LogP contribution in [0.2, 0.25) is 0 Å². The number of rotatable bonds is 8. The second kappa shape index (κ2) is 10.4. The molecule has 4 aromatic rings. The molecule has 5 rings (SSSR count). The number of nitrogens with zero attached hydrogens (tertiary/aromatic N) is 3. The van der Waals surface area contributed by atoms with E-state index < -0.39 is 18.0 Å². The first kappa shape index (κ1) is 25.6. The Balaban J connectivity index is 1.44. The van der Waals surface area contributed by atoms with Gasteiger partial charge in [-0.05, 0) is 23.1 Å². The van der Waals surface area contributed by atoms with Gasteiger partial charge in [0.1, 0.15) is 12.1 Å². The van der Waals surface area contributed by atoms with Crippen molar-refractivity contribution in [3.05, 3.63) is 114 Å². The molecular weight excluding hydrogens is 476 g/mol. The minimum Gasteiger partial charge on any atom is -0.372 e. The lowest BCUT2D eigenvalue weighted by molar-refractivity contribution is 0.0115. The van der Waals surface area contributed by atoms with E-state index in [1.54, 1.807) is 24.3 Å². The molecule has 7 nitrogen and oxygen atoms in total. The Morgan fingerprint density at radius 2 is 1.39 bits per heavy atom. The molecule has 2 N–H and O–H groups in total. The number of aliphatic hydroxyl groups excluding tert-OH is 1. The fraction of sp³-hybridized carbons (Fsp3) is 0.258. The fourth-order valence-corrected chi connectivity index (χ4v) is 4.89. The number of imide groups is 1. The van der Waals surface area contributed by atoms with E-state index >= 15 is 0 Å². The summed E-state index contributed by atoms with van der Waals surface area (Å²) >= 11 is 0. The van der Waals surface area contributed by atoms with E-state index in [9.17, 15) is 14.7 Å². The molecule has 194 valence electrons. The van der Waals surface area contributed by atoms with Crippen LogP contribution >= 0.6 is 0 Å². The SMILES string of the molecule is CC(C)(C)[C@@H](NCC(O)N1C(=O)c2ccccc2C1=O)c1nc(-c2ccccc2)cn1Cc1ccccc1. The number of nitrogens with one attached hydrogen (secondary N) is 1. The first-order chi connectivity index (χ1) is 18.2. The molecular formula is C31H32N4O3. The monoisotopic (exact) mass is 508 g/mol. The highest BCUT2D eigenvalue weighted by atomic mass is 16.3. The van der Waals surface area contributed by atoms with Crippen molar-refractivity contribution in [1.82, 2.24) is 19.8 Å². The smallest absolute Gasteiger partial charge is 0.263 e. The van der Waals surface area contributed by atoms with Crippen molar-refractivity contribution in [1.29, 1.82) is 0 Å². The Morgan fingerprint density at radius 3 is 1.97 bits per heavy atom. The molecule has 2 heterocycles. The third kappa shape index (κ3) is 5.03. The van der Waals surface area contributed by atoms with Gasteiger partial charge >= 0.3 is 0 Å². The van der Waals surface area contributed by atoms with Crippen molar-refractivity contribution in [3.63, 3.8) is 0 Å². The lowest BCUT2D eigenvalue weighted by Gasteiger charge is -2.33. The number of amides is 2. The van der Waals surface area contributed by atoms with E-state index in [1.165, 1.54) is 0 Å². The second-order valence-corrected chi connectivity index (χ2v) is 10.7. The van der Waals surface area contributed by atoms with Gasteiger partial charge in [0, 0.05) is 24.8 Å². The van der Waals surface area contributed by atoms with Crippen LogP contribution < -0.4 is 5.32 Å². The van der Waals surface area contributed by atoms with Crippen molar-refractivity contribution in [3.8, 4) is 11.3 Å². The van der Waals surface area contributed by atoms with Crippen molar-refractivity contribution in [2.45, 2.75) is 39.6 Å². The van der Waals surface area contributed by atoms with Crippen molar-refractivity contribution < 1.29 is 14.7 Å². The van der Waals surface area contributed by atoms with Crippen molar-refractivity contribution in [2.24, 2.45) is 5.41 Å². The Bertz CT molecular complexity index is 1410. The minimum atomic E-state index is -1.32. The molecule has 1 aromatic heterocycles. The highest BCUT2D eigenvalue weighted by molar-refractivity contribution is 6.21. The zero-order valence-electron chi connectivity index (χ0n) is 21.8. The predicted molar refractivity (Wildman–Crippen MR) is 146 cm³/mol. The molecule has 1 unspecified atom stereocenters. The Hall–Kier alpha value is -4.07. The van der Waals surface area contributed by atoms with Gasteiger partial charge in [-0.1, -0.05) is 93.6 Å². The summed E-state index contributed by atoms with van der Waals surface area (Å²) in [6.07, 6.45) is 0.733. The van der Waals surface area contributed by atoms with Gasteiger partial charge in [0.05, 0.1) is 22.9 Å². The maximum Gasteiger partial charge on any atom is 0.263 e. The molecule has 0 saturated heterocycles. The number of carbonyl (C=O) groups is 2. The standard InChI is InChI=1S/C31H32N4O3/c1-31(2,3)27(32-18-26(36)35-29(37)23-16-10-11-17-24(23)30(35)38)28-33-25(22-14-8-5-9-15-22)20-34(28)19-21-12-6-4-7-13-21/h4-17,20,26-27,32,36H,18-19H2,1-3H3/t26?,27-/m0/s1. The summed E-state index contributed by atoms with van der Waals surface area (Å²) in [5.41, 5.74) is 3.34. The number of benzene rings is 3. The first-order valence-electron chi connectivity index (χ1n) is 12.8. The van der Waals surface area contributed by atoms with Gasteiger partial charge in [0.25, 0.3) is 11.8 Å². The van der Waals surface area contributed by atoms with E-state index in [0.717, 1.165) is 27.5 Å². The molecule has 0 saturated carbocycles. The zero-order chi connectivity index (χ0) is 26.9. The molecule has 0 radical (unpaired) electrons. The average molecular weight is 509 g/mol. The molecule has 0 aliphatic carbocycles. The maximum atomic E-state index is 12.9. The van der Waals surface area contributed by atoms with Gasteiger partial charge in [-0.2, -0.15) is 0 Å². The summed E-state index contributed by atoms with van der Waals surface area (Å²) in [5.74, 6) is -0.150. The normalized spacial score (nSPS) is 15.0. The Kier molecular flexibility index (Phi) is 6.97. The molecule has 0 spiro atoms. The largest absolute Gasteiger partial charge is 0.372 e. The summed E-state index contributed by atoms with van der Waals surface area (Å²) in [7, 11) is 0. The van der Waals surface area contributed by atoms with E-state index in [4.69, 9.17) is 4.98 Å². The molecule has 2 amide bonds. The summed E-state index contributed by atoms with van der Waals surface area (Å²) in [6, 6.07) is 26.6. The van der Waals surface area contributed by atoms with E-state index in [2.05, 4.69) is 49.0 Å². The number of hydrogen-bond acceptors (Lipinski definition) is 5.